The number of hydrogen-bond acceptors (Lipinski definition) is 2. The summed E-state index contributed by atoms with van der Waals surface area (Å²) >= 11 is 3.45. The summed E-state index contributed by atoms with van der Waals surface area (Å²) < 4.78 is 1.04. The van der Waals surface area contributed by atoms with Gasteiger partial charge in [0.15, 0.2) is 0 Å². The van der Waals surface area contributed by atoms with Gasteiger partial charge in [0, 0.05) is 16.2 Å². The molecular formula is C12H17BrN2O. The highest BCUT2D eigenvalue weighted by molar-refractivity contribution is 9.10. The lowest BCUT2D eigenvalue weighted by Crippen LogP contribution is -2.34. The van der Waals surface area contributed by atoms with Crippen molar-refractivity contribution in [2.24, 2.45) is 0 Å². The summed E-state index contributed by atoms with van der Waals surface area (Å²) in [4.78, 5) is 11.4. The lowest BCUT2D eigenvalue weighted by atomic mass is 10.2. The van der Waals surface area contributed by atoms with Gasteiger partial charge in [-0.15, -0.1) is 0 Å². The molecular weight excluding hydrogens is 268 g/mol. The molecule has 0 fully saturated rings. The van der Waals surface area contributed by atoms with Gasteiger partial charge in [-0.1, -0.05) is 22.0 Å². The van der Waals surface area contributed by atoms with Crippen LogP contribution in [0.3, 0.4) is 0 Å². The predicted octanol–water partition coefficient (Wildman–Crippen LogP) is 2.69. The number of halogens is 1. The van der Waals surface area contributed by atoms with Crippen LogP contribution in [0.25, 0.3) is 0 Å². The van der Waals surface area contributed by atoms with E-state index in [-0.39, 0.29) is 11.9 Å². The van der Waals surface area contributed by atoms with Crippen LogP contribution in [0.15, 0.2) is 22.7 Å². The Morgan fingerprint density at radius 3 is 2.75 bits per heavy atom. The van der Waals surface area contributed by atoms with Crippen molar-refractivity contribution in [2.75, 3.05) is 11.9 Å². The zero-order valence-electron chi connectivity index (χ0n) is 9.80. The van der Waals surface area contributed by atoms with Crippen LogP contribution in [0.5, 0.6) is 0 Å². The van der Waals surface area contributed by atoms with Gasteiger partial charge in [-0.3, -0.25) is 4.79 Å². The Bertz CT molecular complexity index is 377. The quantitative estimate of drug-likeness (QED) is 0.893. The second kappa shape index (κ2) is 5.89. The number of benzene rings is 1. The van der Waals surface area contributed by atoms with Gasteiger partial charge in [0.2, 0.25) is 5.91 Å². The number of amides is 1. The van der Waals surface area contributed by atoms with Crippen LogP contribution in [-0.4, -0.2) is 18.5 Å². The molecule has 0 aliphatic rings. The molecule has 0 aliphatic heterocycles. The molecule has 0 saturated heterocycles. The SMILES string of the molecule is Cc1c(Br)cccc1NCC(=O)NC(C)C. The highest BCUT2D eigenvalue weighted by Gasteiger charge is 2.05. The van der Waals surface area contributed by atoms with Crippen molar-refractivity contribution in [3.05, 3.63) is 28.2 Å². The zero-order chi connectivity index (χ0) is 12.1. The molecule has 1 aromatic carbocycles. The summed E-state index contributed by atoms with van der Waals surface area (Å²) in [6.07, 6.45) is 0. The van der Waals surface area contributed by atoms with Crippen LogP contribution in [0, 0.1) is 6.92 Å². The molecule has 1 aromatic rings. The fourth-order valence-corrected chi connectivity index (χ4v) is 1.71. The maximum absolute atomic E-state index is 11.4. The third-order valence-electron chi connectivity index (χ3n) is 2.16. The van der Waals surface area contributed by atoms with E-state index in [0.29, 0.717) is 6.54 Å². The Hall–Kier alpha value is -1.03. The van der Waals surface area contributed by atoms with E-state index in [1.165, 1.54) is 0 Å². The van der Waals surface area contributed by atoms with E-state index < -0.39 is 0 Å². The highest BCUT2D eigenvalue weighted by atomic mass is 79.9. The number of carbonyl (C=O) groups is 1. The normalized spacial score (nSPS) is 10.3. The van der Waals surface area contributed by atoms with Crippen LogP contribution >= 0.6 is 15.9 Å². The first-order chi connectivity index (χ1) is 7.50. The molecule has 0 saturated carbocycles. The summed E-state index contributed by atoms with van der Waals surface area (Å²) in [5, 5.41) is 5.95. The number of nitrogens with one attached hydrogen (secondary N) is 2. The van der Waals surface area contributed by atoms with Gasteiger partial charge >= 0.3 is 0 Å². The first-order valence-corrected chi connectivity index (χ1v) is 6.08. The molecule has 0 radical (unpaired) electrons. The average Bonchev–Trinajstić information content (AvgIpc) is 2.19. The van der Waals surface area contributed by atoms with Gasteiger partial charge < -0.3 is 10.6 Å². The Kier molecular flexibility index (Phi) is 4.80. The molecule has 3 nitrogen and oxygen atoms in total. The van der Waals surface area contributed by atoms with Gasteiger partial charge in [0.05, 0.1) is 6.54 Å². The molecule has 1 amide bonds. The second-order valence-corrected chi connectivity index (χ2v) is 4.84. The number of carbonyl (C=O) groups excluding carboxylic acids is 1. The van der Waals surface area contributed by atoms with E-state index >= 15 is 0 Å². The lowest BCUT2D eigenvalue weighted by molar-refractivity contribution is -0.119. The van der Waals surface area contributed by atoms with E-state index in [1.54, 1.807) is 0 Å². The van der Waals surface area contributed by atoms with Gasteiger partial charge in [-0.05, 0) is 38.5 Å². The first kappa shape index (κ1) is 13.0. The molecule has 2 N–H and O–H groups in total. The minimum Gasteiger partial charge on any atom is -0.376 e. The topological polar surface area (TPSA) is 41.1 Å². The largest absolute Gasteiger partial charge is 0.376 e. The van der Waals surface area contributed by atoms with E-state index in [1.807, 2.05) is 39.0 Å². The van der Waals surface area contributed by atoms with Crippen molar-refractivity contribution in [3.8, 4) is 0 Å². The van der Waals surface area contributed by atoms with Crippen molar-refractivity contribution in [3.63, 3.8) is 0 Å². The smallest absolute Gasteiger partial charge is 0.239 e. The van der Waals surface area contributed by atoms with Gasteiger partial charge in [-0.2, -0.15) is 0 Å². The van der Waals surface area contributed by atoms with Crippen LogP contribution in [0.1, 0.15) is 19.4 Å². The molecule has 1 rings (SSSR count). The van der Waals surface area contributed by atoms with Gasteiger partial charge in [0.25, 0.3) is 0 Å². The van der Waals surface area contributed by atoms with Crippen molar-refractivity contribution >= 4 is 27.5 Å². The van der Waals surface area contributed by atoms with Crippen LogP contribution in [0.2, 0.25) is 0 Å². The number of hydrogen-bond donors (Lipinski definition) is 2. The van der Waals surface area contributed by atoms with Gasteiger partial charge in [0.1, 0.15) is 0 Å². The second-order valence-electron chi connectivity index (χ2n) is 3.99. The fourth-order valence-electron chi connectivity index (χ4n) is 1.35. The summed E-state index contributed by atoms with van der Waals surface area (Å²) in [5.41, 5.74) is 2.09. The molecule has 0 spiro atoms. The number of rotatable bonds is 4. The molecule has 4 heteroatoms. The molecule has 0 atom stereocenters. The minimum absolute atomic E-state index is 0.00868. The molecule has 88 valence electrons. The molecule has 0 aliphatic carbocycles. The Morgan fingerprint density at radius 2 is 2.12 bits per heavy atom. The van der Waals surface area contributed by atoms with Crippen molar-refractivity contribution in [2.45, 2.75) is 26.8 Å². The van der Waals surface area contributed by atoms with Crippen molar-refractivity contribution in [1.82, 2.24) is 5.32 Å². The Morgan fingerprint density at radius 1 is 1.44 bits per heavy atom. The highest BCUT2D eigenvalue weighted by Crippen LogP contribution is 2.22. The predicted molar refractivity (Wildman–Crippen MR) is 70.6 cm³/mol. The maximum atomic E-state index is 11.4. The minimum atomic E-state index is 0.00868. The fraction of sp³-hybridized carbons (Fsp3) is 0.417. The van der Waals surface area contributed by atoms with Gasteiger partial charge in [-0.25, -0.2) is 0 Å². The first-order valence-electron chi connectivity index (χ1n) is 5.29. The molecule has 16 heavy (non-hydrogen) atoms. The monoisotopic (exact) mass is 284 g/mol. The summed E-state index contributed by atoms with van der Waals surface area (Å²) in [7, 11) is 0. The van der Waals surface area contributed by atoms with Crippen LogP contribution in [0.4, 0.5) is 5.69 Å². The standard InChI is InChI=1S/C12H17BrN2O/c1-8(2)15-12(16)7-14-11-6-4-5-10(13)9(11)3/h4-6,8,14H,7H2,1-3H3,(H,15,16). The van der Waals surface area contributed by atoms with E-state index in [4.69, 9.17) is 0 Å². The molecule has 0 heterocycles. The summed E-state index contributed by atoms with van der Waals surface area (Å²) in [6.45, 7) is 6.20. The molecule has 0 unspecified atom stereocenters. The van der Waals surface area contributed by atoms with E-state index in [2.05, 4.69) is 26.6 Å². The van der Waals surface area contributed by atoms with Crippen molar-refractivity contribution < 1.29 is 4.79 Å². The van der Waals surface area contributed by atoms with E-state index in [0.717, 1.165) is 15.7 Å². The summed E-state index contributed by atoms with van der Waals surface area (Å²) in [6, 6.07) is 6.06. The number of anilines is 1. The Labute approximate surface area is 105 Å². The third-order valence-corrected chi connectivity index (χ3v) is 3.02. The van der Waals surface area contributed by atoms with Crippen molar-refractivity contribution in [1.29, 1.82) is 0 Å². The molecule has 0 aromatic heterocycles. The lowest BCUT2D eigenvalue weighted by Gasteiger charge is -2.12. The third kappa shape index (κ3) is 3.85. The molecule has 0 bridgehead atoms. The van der Waals surface area contributed by atoms with Crippen LogP contribution in [-0.2, 0) is 4.79 Å². The van der Waals surface area contributed by atoms with Crippen LogP contribution < -0.4 is 10.6 Å². The Balaban J connectivity index is 2.55. The maximum Gasteiger partial charge on any atom is 0.239 e. The zero-order valence-corrected chi connectivity index (χ0v) is 11.4. The summed E-state index contributed by atoms with van der Waals surface area (Å²) in [5.74, 6) is 0.00868. The van der Waals surface area contributed by atoms with E-state index in [9.17, 15) is 4.79 Å². The average molecular weight is 285 g/mol.